The van der Waals surface area contributed by atoms with Gasteiger partial charge in [-0.3, -0.25) is 0 Å². The second kappa shape index (κ2) is 12.6. The second-order valence-electron chi connectivity index (χ2n) is 11.4. The van der Waals surface area contributed by atoms with E-state index in [-0.39, 0.29) is 0 Å². The third-order valence-electron chi connectivity index (χ3n) is 8.37. The van der Waals surface area contributed by atoms with E-state index in [4.69, 9.17) is 0 Å². The molecule has 0 bridgehead atoms. The lowest BCUT2D eigenvalue weighted by molar-refractivity contribution is -0.0500. The number of alkyl halides is 3. The van der Waals surface area contributed by atoms with Crippen LogP contribution in [-0.4, -0.2) is 19.0 Å². The molecule has 4 nitrogen and oxygen atoms in total. The molecule has 8 heteroatoms. The summed E-state index contributed by atoms with van der Waals surface area (Å²) in [6.45, 7) is 0. The van der Waals surface area contributed by atoms with Crippen molar-refractivity contribution in [2.45, 2.75) is 5.51 Å². The molecular weight excluding hydrogens is 646 g/mol. The van der Waals surface area contributed by atoms with Crippen molar-refractivity contribution >= 4 is 53.2 Å². The van der Waals surface area contributed by atoms with Crippen LogP contribution < -0.4 is 4.18 Å². The minimum absolute atomic E-state index is 0.295. The van der Waals surface area contributed by atoms with Gasteiger partial charge in [0.25, 0.3) is 0 Å². The van der Waals surface area contributed by atoms with E-state index in [9.17, 15) is 26.7 Å². The molecule has 0 saturated heterocycles. The van der Waals surface area contributed by atoms with Crippen LogP contribution in [0.4, 0.5) is 13.2 Å². The summed E-state index contributed by atoms with van der Waals surface area (Å²) in [5.74, 6) is -0.102. The lowest BCUT2D eigenvalue weighted by atomic mass is 9.93. The van der Waals surface area contributed by atoms with Crippen molar-refractivity contribution in [2.75, 3.05) is 0 Å². The second-order valence-corrected chi connectivity index (χ2v) is 13.0. The van der Waals surface area contributed by atoms with Crippen molar-refractivity contribution in [1.82, 2.24) is 0 Å². The van der Waals surface area contributed by atoms with Gasteiger partial charge < -0.3 is 9.29 Å². The summed E-state index contributed by atoms with van der Waals surface area (Å²) in [5.41, 5.74) is -1.53. The predicted octanol–water partition coefficient (Wildman–Crippen LogP) is 11.3. The van der Waals surface area contributed by atoms with Gasteiger partial charge in [-0.15, -0.1) is 0 Å². The lowest BCUT2D eigenvalue weighted by Crippen LogP contribution is -2.28. The van der Waals surface area contributed by atoms with E-state index in [0.717, 1.165) is 38.2 Å². The highest BCUT2D eigenvalue weighted by Gasteiger charge is 2.48. The molecule has 8 rings (SSSR count). The van der Waals surface area contributed by atoms with Gasteiger partial charge >= 0.3 is 15.6 Å². The molecule has 8 aromatic carbocycles. The monoisotopic (exact) mass is 672 g/mol. The molecule has 242 valence electrons. The highest BCUT2D eigenvalue weighted by molar-refractivity contribution is 7.88. The molecule has 0 fully saturated rings. The molecule has 0 aliphatic carbocycles. The number of rotatable bonds is 4. The van der Waals surface area contributed by atoms with Gasteiger partial charge in [-0.2, -0.15) is 21.6 Å². The van der Waals surface area contributed by atoms with E-state index in [2.05, 4.69) is 58.8 Å². The Morgan fingerprint density at radius 1 is 0.469 bits per heavy atom. The quantitative estimate of drug-likeness (QED) is 0.115. The summed E-state index contributed by atoms with van der Waals surface area (Å²) >= 11 is 0. The van der Waals surface area contributed by atoms with Crippen molar-refractivity contribution in [3.8, 4) is 33.8 Å². The highest BCUT2D eigenvalue weighted by Crippen LogP contribution is 2.37. The Hall–Kier alpha value is -5.86. The van der Waals surface area contributed by atoms with Crippen LogP contribution in [0, 0.1) is 0 Å². The Bertz CT molecular complexity index is 2580. The van der Waals surface area contributed by atoms with Gasteiger partial charge in [0, 0.05) is 0 Å². The molecule has 0 spiro atoms. The Balaban J connectivity index is 0.000000160. The Kier molecular flexibility index (Phi) is 8.18. The van der Waals surface area contributed by atoms with Crippen LogP contribution in [0.1, 0.15) is 0 Å². The molecule has 0 unspecified atom stereocenters. The van der Waals surface area contributed by atoms with Crippen LogP contribution in [-0.2, 0) is 10.1 Å². The van der Waals surface area contributed by atoms with Crippen LogP contribution in [0.3, 0.4) is 0 Å². The van der Waals surface area contributed by atoms with Gasteiger partial charge in [-0.25, -0.2) is 0 Å². The number of halogens is 3. The van der Waals surface area contributed by atoms with E-state index in [1.54, 1.807) is 12.1 Å². The molecule has 0 saturated carbocycles. The molecule has 0 aliphatic rings. The molecular formula is C41H27F3O4S. The van der Waals surface area contributed by atoms with Crippen molar-refractivity contribution in [2.24, 2.45) is 0 Å². The molecule has 8 aromatic rings. The van der Waals surface area contributed by atoms with Gasteiger partial charge in [0.1, 0.15) is 11.5 Å². The smallest absolute Gasteiger partial charge is 0.508 e. The maximum atomic E-state index is 12.5. The fourth-order valence-corrected chi connectivity index (χ4v) is 6.55. The minimum Gasteiger partial charge on any atom is -0.508 e. The van der Waals surface area contributed by atoms with Crippen LogP contribution in [0.5, 0.6) is 11.5 Å². The van der Waals surface area contributed by atoms with E-state index in [1.165, 1.54) is 51.4 Å². The summed E-state index contributed by atoms with van der Waals surface area (Å²) in [6, 6.07) is 49.8. The zero-order chi connectivity index (χ0) is 34.2. The Morgan fingerprint density at radius 2 is 0.837 bits per heavy atom. The summed E-state index contributed by atoms with van der Waals surface area (Å²) in [7, 11) is -5.69. The molecule has 0 heterocycles. The molecule has 0 aliphatic heterocycles. The van der Waals surface area contributed by atoms with Gasteiger partial charge in [0.05, 0.1) is 0 Å². The van der Waals surface area contributed by atoms with E-state index < -0.39 is 21.4 Å². The number of aromatic hydroxyl groups is 1. The molecule has 0 radical (unpaired) electrons. The zero-order valence-electron chi connectivity index (χ0n) is 25.7. The van der Waals surface area contributed by atoms with Crippen molar-refractivity contribution < 1.29 is 30.9 Å². The first-order valence-electron chi connectivity index (χ1n) is 15.3. The van der Waals surface area contributed by atoms with Crippen LogP contribution in [0.2, 0.25) is 0 Å². The van der Waals surface area contributed by atoms with E-state index in [0.29, 0.717) is 5.75 Å². The van der Waals surface area contributed by atoms with Crippen LogP contribution in [0.25, 0.3) is 65.3 Å². The molecule has 0 aromatic heterocycles. The Labute approximate surface area is 280 Å². The number of phenolic OH excluding ortho intramolecular Hbond substituents is 1. The van der Waals surface area contributed by atoms with Gasteiger partial charge in [-0.1, -0.05) is 121 Å². The standard InChI is InChI=1S/C21H13F3O3S.C20H14O/c22-21(23,24)28(25,26)27-16-11-9-14(10-12-16)20-13-15-5-1-2-6-17(15)18-7-3-4-8-19(18)20;21-16-11-9-14(10-12-16)20-13-15-5-1-2-6-17(15)18-7-3-4-8-19(18)20/h1-13H;1-13,21H. The number of hydrogen-bond donors (Lipinski definition) is 1. The number of hydrogen-bond acceptors (Lipinski definition) is 4. The topological polar surface area (TPSA) is 63.6 Å². The molecule has 0 atom stereocenters. The lowest BCUT2D eigenvalue weighted by Gasteiger charge is -2.12. The Morgan fingerprint density at radius 3 is 1.27 bits per heavy atom. The average Bonchev–Trinajstić information content (AvgIpc) is 3.11. The predicted molar refractivity (Wildman–Crippen MR) is 191 cm³/mol. The highest BCUT2D eigenvalue weighted by atomic mass is 32.2. The number of phenols is 1. The SMILES string of the molecule is O=S(=O)(Oc1ccc(-c2cc3ccccc3c3ccccc23)cc1)C(F)(F)F.Oc1ccc(-c2cc3ccccc3c3ccccc23)cc1. The molecule has 1 N–H and O–H groups in total. The third kappa shape index (κ3) is 6.26. The van der Waals surface area contributed by atoms with Crippen LogP contribution >= 0.6 is 0 Å². The van der Waals surface area contributed by atoms with Crippen molar-refractivity contribution in [3.05, 3.63) is 158 Å². The maximum absolute atomic E-state index is 12.5. The molecule has 49 heavy (non-hydrogen) atoms. The third-order valence-corrected chi connectivity index (χ3v) is 9.35. The number of benzene rings is 8. The fourth-order valence-electron chi connectivity index (χ4n) is 6.09. The first kappa shape index (κ1) is 31.7. The molecule has 0 amide bonds. The summed E-state index contributed by atoms with van der Waals surface area (Å²) < 4.78 is 63.9. The largest absolute Gasteiger partial charge is 0.534 e. The average molecular weight is 673 g/mol. The summed E-state index contributed by atoms with van der Waals surface area (Å²) in [5, 5.41) is 18.7. The van der Waals surface area contributed by atoms with Gasteiger partial charge in [0.15, 0.2) is 0 Å². The zero-order valence-corrected chi connectivity index (χ0v) is 26.5. The van der Waals surface area contributed by atoms with Gasteiger partial charge in [-0.05, 0) is 102 Å². The van der Waals surface area contributed by atoms with E-state index >= 15 is 0 Å². The number of fused-ring (bicyclic) bond motifs is 6. The maximum Gasteiger partial charge on any atom is 0.534 e. The first-order valence-corrected chi connectivity index (χ1v) is 16.7. The van der Waals surface area contributed by atoms with Crippen LogP contribution in [0.15, 0.2) is 158 Å². The fraction of sp³-hybridized carbons (Fsp3) is 0.0244. The first-order chi connectivity index (χ1) is 23.6. The summed E-state index contributed by atoms with van der Waals surface area (Å²) in [4.78, 5) is 0. The van der Waals surface area contributed by atoms with Crippen molar-refractivity contribution in [1.29, 1.82) is 0 Å². The summed E-state index contributed by atoms with van der Waals surface area (Å²) in [6.07, 6.45) is 0. The minimum atomic E-state index is -5.69. The van der Waals surface area contributed by atoms with Gasteiger partial charge in [0.2, 0.25) is 0 Å². The van der Waals surface area contributed by atoms with Crippen molar-refractivity contribution in [3.63, 3.8) is 0 Å². The normalized spacial score (nSPS) is 11.8. The van der Waals surface area contributed by atoms with E-state index in [1.807, 2.05) is 66.7 Å².